The first kappa shape index (κ1) is 13.6. The number of halogens is 1. The smallest absolute Gasteiger partial charge is 0.0556 e. The van der Waals surface area contributed by atoms with Crippen molar-refractivity contribution in [1.29, 1.82) is 0 Å². The first-order valence-electron chi connectivity index (χ1n) is 6.83. The zero-order valence-electron chi connectivity index (χ0n) is 11.1. The molecule has 2 nitrogen and oxygen atoms in total. The third-order valence-corrected chi connectivity index (χ3v) is 5.24. The molecule has 3 heteroatoms. The highest BCUT2D eigenvalue weighted by Crippen LogP contribution is 2.66. The number of hydrogen-bond acceptors (Lipinski definition) is 2. The highest BCUT2D eigenvalue weighted by Gasteiger charge is 2.59. The summed E-state index contributed by atoms with van der Waals surface area (Å²) in [5.41, 5.74) is 1.53. The SMILES string of the molecule is C[C@]12CC3CC(NCCO)(C1)C[C@@](C)(C3)C2.Cl. The standard InChI is InChI=1S/C14H25NO.ClH/c1-12-5-11-6-13(2,8-12)10-14(7-11,9-12)15-3-4-16;/h11,15-16H,3-10H2,1-2H3;1H/t11?,12-,13+,14?;. The van der Waals surface area contributed by atoms with Crippen LogP contribution < -0.4 is 5.32 Å². The monoisotopic (exact) mass is 259 g/mol. The fourth-order valence-corrected chi connectivity index (χ4v) is 5.97. The molecule has 2 N–H and O–H groups in total. The van der Waals surface area contributed by atoms with Crippen molar-refractivity contribution in [1.82, 2.24) is 5.32 Å². The maximum absolute atomic E-state index is 9.03. The van der Waals surface area contributed by atoms with Crippen LogP contribution in [0.3, 0.4) is 0 Å². The van der Waals surface area contributed by atoms with Crippen molar-refractivity contribution in [2.45, 2.75) is 57.9 Å². The summed E-state index contributed by atoms with van der Waals surface area (Å²) in [7, 11) is 0. The average Bonchev–Trinajstić information content (AvgIpc) is 2.08. The molecule has 17 heavy (non-hydrogen) atoms. The summed E-state index contributed by atoms with van der Waals surface area (Å²) in [4.78, 5) is 0. The number of aliphatic hydroxyl groups is 1. The van der Waals surface area contributed by atoms with E-state index in [4.69, 9.17) is 5.11 Å². The minimum Gasteiger partial charge on any atom is -0.395 e. The molecule has 2 unspecified atom stereocenters. The fraction of sp³-hybridized carbons (Fsp3) is 1.00. The predicted octanol–water partition coefficient (Wildman–Crippen LogP) is 2.74. The van der Waals surface area contributed by atoms with E-state index in [1.165, 1.54) is 38.5 Å². The van der Waals surface area contributed by atoms with E-state index in [0.29, 0.717) is 16.4 Å². The number of rotatable bonds is 3. The Morgan fingerprint density at radius 2 is 1.65 bits per heavy atom. The van der Waals surface area contributed by atoms with Gasteiger partial charge in [0.2, 0.25) is 0 Å². The summed E-state index contributed by atoms with van der Waals surface area (Å²) in [5.74, 6) is 0.942. The minimum atomic E-state index is 0. The van der Waals surface area contributed by atoms with Gasteiger partial charge in [0.05, 0.1) is 6.61 Å². The van der Waals surface area contributed by atoms with Crippen LogP contribution in [0.25, 0.3) is 0 Å². The van der Waals surface area contributed by atoms with Crippen molar-refractivity contribution >= 4 is 12.4 Å². The van der Waals surface area contributed by atoms with Crippen LogP contribution in [0.5, 0.6) is 0 Å². The Labute approximate surface area is 111 Å². The third-order valence-electron chi connectivity index (χ3n) is 5.24. The van der Waals surface area contributed by atoms with E-state index in [2.05, 4.69) is 19.2 Å². The Hall–Kier alpha value is 0.210. The molecule has 0 amide bonds. The Balaban J connectivity index is 0.00000108. The first-order chi connectivity index (χ1) is 7.47. The lowest BCUT2D eigenvalue weighted by atomic mass is 9.43. The molecule has 0 aromatic heterocycles. The lowest BCUT2D eigenvalue weighted by molar-refractivity contribution is -0.118. The van der Waals surface area contributed by atoms with Crippen molar-refractivity contribution < 1.29 is 5.11 Å². The van der Waals surface area contributed by atoms with Gasteiger partial charge in [-0.15, -0.1) is 12.4 Å². The number of β-amino-alcohol motifs (C(OH)–C–C–N with tert-alkyl or cyclic N) is 1. The molecule has 4 rings (SSSR count). The number of nitrogens with one attached hydrogen (secondary N) is 1. The van der Waals surface area contributed by atoms with Crippen molar-refractivity contribution in [2.75, 3.05) is 13.2 Å². The summed E-state index contributed by atoms with van der Waals surface area (Å²) in [6, 6.07) is 0. The van der Waals surface area contributed by atoms with Gasteiger partial charge in [0.25, 0.3) is 0 Å². The molecule has 0 spiro atoms. The minimum absolute atomic E-state index is 0. The lowest BCUT2D eigenvalue weighted by Crippen LogP contribution is -2.64. The van der Waals surface area contributed by atoms with Gasteiger partial charge >= 0.3 is 0 Å². The van der Waals surface area contributed by atoms with Crippen LogP contribution in [0.4, 0.5) is 0 Å². The fourth-order valence-electron chi connectivity index (χ4n) is 5.97. The van der Waals surface area contributed by atoms with Crippen LogP contribution in [-0.2, 0) is 0 Å². The van der Waals surface area contributed by atoms with Gasteiger partial charge in [-0.25, -0.2) is 0 Å². The van der Waals surface area contributed by atoms with E-state index in [1.54, 1.807) is 0 Å². The molecule has 0 heterocycles. The van der Waals surface area contributed by atoms with Crippen molar-refractivity contribution in [3.63, 3.8) is 0 Å². The van der Waals surface area contributed by atoms with Crippen LogP contribution in [0.2, 0.25) is 0 Å². The van der Waals surface area contributed by atoms with E-state index in [1.807, 2.05) is 0 Å². The number of aliphatic hydroxyl groups excluding tert-OH is 1. The van der Waals surface area contributed by atoms with Gasteiger partial charge < -0.3 is 10.4 Å². The molecule has 0 aromatic rings. The topological polar surface area (TPSA) is 32.3 Å². The quantitative estimate of drug-likeness (QED) is 0.817. The zero-order valence-corrected chi connectivity index (χ0v) is 11.9. The second-order valence-electron chi connectivity index (χ2n) is 7.56. The second-order valence-corrected chi connectivity index (χ2v) is 7.56. The van der Waals surface area contributed by atoms with E-state index < -0.39 is 0 Å². The van der Waals surface area contributed by atoms with Crippen molar-refractivity contribution in [3.8, 4) is 0 Å². The first-order valence-corrected chi connectivity index (χ1v) is 6.83. The van der Waals surface area contributed by atoms with Gasteiger partial charge in [0.15, 0.2) is 0 Å². The Morgan fingerprint density at radius 3 is 2.12 bits per heavy atom. The molecule has 4 saturated carbocycles. The van der Waals surface area contributed by atoms with Gasteiger partial charge in [-0.1, -0.05) is 13.8 Å². The maximum atomic E-state index is 9.03. The Kier molecular flexibility index (Phi) is 3.30. The lowest BCUT2D eigenvalue weighted by Gasteiger charge is -2.65. The average molecular weight is 260 g/mol. The van der Waals surface area contributed by atoms with E-state index in [0.717, 1.165) is 12.5 Å². The van der Waals surface area contributed by atoms with Crippen LogP contribution >= 0.6 is 12.4 Å². The largest absolute Gasteiger partial charge is 0.395 e. The van der Waals surface area contributed by atoms with Crippen LogP contribution in [0.15, 0.2) is 0 Å². The molecule has 0 aromatic carbocycles. The molecule has 4 aliphatic rings. The summed E-state index contributed by atoms with van der Waals surface area (Å²) in [6.45, 7) is 6.04. The maximum Gasteiger partial charge on any atom is 0.0556 e. The molecule has 4 fully saturated rings. The third kappa shape index (κ3) is 2.24. The van der Waals surface area contributed by atoms with Crippen LogP contribution in [0.1, 0.15) is 52.4 Å². The van der Waals surface area contributed by atoms with Gasteiger partial charge in [0.1, 0.15) is 0 Å². The predicted molar refractivity (Wildman–Crippen MR) is 72.5 cm³/mol. The van der Waals surface area contributed by atoms with Gasteiger partial charge in [0, 0.05) is 12.1 Å². The van der Waals surface area contributed by atoms with Crippen molar-refractivity contribution in [3.05, 3.63) is 0 Å². The molecule has 4 aliphatic carbocycles. The molecule has 0 radical (unpaired) electrons. The molecule has 0 saturated heterocycles. The van der Waals surface area contributed by atoms with Gasteiger partial charge in [-0.05, 0) is 55.3 Å². The van der Waals surface area contributed by atoms with Gasteiger partial charge in [-0.3, -0.25) is 0 Å². The second kappa shape index (κ2) is 4.11. The summed E-state index contributed by atoms with van der Waals surface area (Å²) in [6.07, 6.45) is 8.37. The normalized spacial score (nSPS) is 51.4. The molecule has 4 bridgehead atoms. The highest BCUT2D eigenvalue weighted by molar-refractivity contribution is 5.85. The van der Waals surface area contributed by atoms with E-state index >= 15 is 0 Å². The summed E-state index contributed by atoms with van der Waals surface area (Å²) >= 11 is 0. The molecule has 4 atom stereocenters. The Bertz CT molecular complexity index is 289. The molecular formula is C14H26ClNO. The molecular weight excluding hydrogens is 234 g/mol. The van der Waals surface area contributed by atoms with Gasteiger partial charge in [-0.2, -0.15) is 0 Å². The van der Waals surface area contributed by atoms with Crippen LogP contribution in [0, 0.1) is 16.7 Å². The number of hydrogen-bond donors (Lipinski definition) is 2. The van der Waals surface area contributed by atoms with E-state index in [-0.39, 0.29) is 19.0 Å². The highest BCUT2D eigenvalue weighted by atomic mass is 35.5. The Morgan fingerprint density at radius 1 is 1.06 bits per heavy atom. The summed E-state index contributed by atoms with van der Waals surface area (Å²) < 4.78 is 0. The summed E-state index contributed by atoms with van der Waals surface area (Å²) in [5, 5.41) is 12.7. The zero-order chi connectivity index (χ0) is 11.4. The van der Waals surface area contributed by atoms with Crippen molar-refractivity contribution in [2.24, 2.45) is 16.7 Å². The molecule has 0 aliphatic heterocycles. The van der Waals surface area contributed by atoms with Crippen LogP contribution in [-0.4, -0.2) is 23.8 Å². The molecule has 100 valence electrons. The van der Waals surface area contributed by atoms with E-state index in [9.17, 15) is 0 Å².